The number of aryl methyl sites for hydroxylation is 2. The third kappa shape index (κ3) is 2.31. The molecule has 0 aliphatic carbocycles. The molecule has 0 amide bonds. The summed E-state index contributed by atoms with van der Waals surface area (Å²) in [6.45, 7) is 6.49. The second-order valence-electron chi connectivity index (χ2n) is 4.42. The Morgan fingerprint density at radius 3 is 3.00 bits per heavy atom. The van der Waals surface area contributed by atoms with Crippen LogP contribution < -0.4 is 0 Å². The molecule has 1 aromatic rings. The predicted octanol–water partition coefficient (Wildman–Crippen LogP) is 2.35. The van der Waals surface area contributed by atoms with Gasteiger partial charge < -0.3 is 0 Å². The van der Waals surface area contributed by atoms with Crippen LogP contribution in [0, 0.1) is 18.3 Å². The standard InChI is InChI=1S/C12H17ClN4/c1-3-17-11(12(13)9(2)15-17)8-16-6-4-5-10(16)7-14/h10H,3-6,8H2,1-2H3. The molecular formula is C12H17ClN4. The van der Waals surface area contributed by atoms with E-state index in [-0.39, 0.29) is 6.04 Å². The Bertz CT molecular complexity index is 446. The van der Waals surface area contributed by atoms with Crippen LogP contribution in [-0.2, 0) is 13.1 Å². The normalized spacial score (nSPS) is 20.7. The van der Waals surface area contributed by atoms with Gasteiger partial charge in [0.15, 0.2) is 0 Å². The highest BCUT2D eigenvalue weighted by Crippen LogP contribution is 2.25. The van der Waals surface area contributed by atoms with E-state index in [4.69, 9.17) is 16.9 Å². The molecule has 1 saturated heterocycles. The summed E-state index contributed by atoms with van der Waals surface area (Å²) < 4.78 is 1.93. The number of likely N-dealkylation sites (tertiary alicyclic amines) is 1. The Labute approximate surface area is 107 Å². The lowest BCUT2D eigenvalue weighted by molar-refractivity contribution is 0.277. The maximum atomic E-state index is 9.07. The minimum absolute atomic E-state index is 0.0339. The number of aromatic nitrogens is 2. The number of nitrogens with zero attached hydrogens (tertiary/aromatic N) is 4. The largest absolute Gasteiger partial charge is 0.282 e. The number of halogens is 1. The molecule has 0 radical (unpaired) electrons. The average Bonchev–Trinajstić information content (AvgIpc) is 2.88. The molecule has 17 heavy (non-hydrogen) atoms. The average molecular weight is 253 g/mol. The molecule has 1 aromatic heterocycles. The zero-order valence-electron chi connectivity index (χ0n) is 10.3. The summed E-state index contributed by atoms with van der Waals surface area (Å²) in [5, 5.41) is 14.2. The Kier molecular flexibility index (Phi) is 3.70. The highest BCUT2D eigenvalue weighted by molar-refractivity contribution is 6.31. The molecule has 2 heterocycles. The molecule has 4 nitrogen and oxygen atoms in total. The van der Waals surface area contributed by atoms with Crippen molar-refractivity contribution in [1.82, 2.24) is 14.7 Å². The van der Waals surface area contributed by atoms with Crippen molar-refractivity contribution in [1.29, 1.82) is 5.26 Å². The van der Waals surface area contributed by atoms with Gasteiger partial charge in [-0.3, -0.25) is 9.58 Å². The fourth-order valence-corrected chi connectivity index (χ4v) is 2.57. The molecule has 1 aliphatic heterocycles. The van der Waals surface area contributed by atoms with Crippen molar-refractivity contribution in [2.24, 2.45) is 0 Å². The summed E-state index contributed by atoms with van der Waals surface area (Å²) in [6.07, 6.45) is 2.06. The lowest BCUT2D eigenvalue weighted by Crippen LogP contribution is -2.28. The predicted molar refractivity (Wildman–Crippen MR) is 66.7 cm³/mol. The van der Waals surface area contributed by atoms with Gasteiger partial charge in [0.05, 0.1) is 28.5 Å². The quantitative estimate of drug-likeness (QED) is 0.830. The summed E-state index contributed by atoms with van der Waals surface area (Å²) in [6, 6.07) is 2.39. The molecule has 1 fully saturated rings. The van der Waals surface area contributed by atoms with E-state index in [1.165, 1.54) is 0 Å². The van der Waals surface area contributed by atoms with E-state index in [1.54, 1.807) is 0 Å². The van der Waals surface area contributed by atoms with Crippen molar-refractivity contribution in [3.8, 4) is 6.07 Å². The van der Waals surface area contributed by atoms with Crippen LogP contribution in [-0.4, -0.2) is 27.3 Å². The summed E-state index contributed by atoms with van der Waals surface area (Å²) in [5.74, 6) is 0. The van der Waals surface area contributed by atoms with Crippen molar-refractivity contribution in [2.45, 2.75) is 45.8 Å². The first kappa shape index (κ1) is 12.4. The van der Waals surface area contributed by atoms with Crippen molar-refractivity contribution < 1.29 is 0 Å². The number of rotatable bonds is 3. The fraction of sp³-hybridized carbons (Fsp3) is 0.667. The van der Waals surface area contributed by atoms with E-state index >= 15 is 0 Å². The van der Waals surface area contributed by atoms with Crippen molar-refractivity contribution in [2.75, 3.05) is 6.54 Å². The van der Waals surface area contributed by atoms with Crippen LogP contribution in [0.1, 0.15) is 31.2 Å². The molecule has 2 rings (SSSR count). The Balaban J connectivity index is 2.21. The van der Waals surface area contributed by atoms with Crippen LogP contribution in [0.5, 0.6) is 0 Å². The maximum Gasteiger partial charge on any atom is 0.0981 e. The van der Waals surface area contributed by atoms with E-state index in [0.717, 1.165) is 48.9 Å². The Morgan fingerprint density at radius 1 is 1.59 bits per heavy atom. The van der Waals surface area contributed by atoms with Crippen LogP contribution >= 0.6 is 11.6 Å². The van der Waals surface area contributed by atoms with Gasteiger partial charge in [-0.25, -0.2) is 0 Å². The van der Waals surface area contributed by atoms with Gasteiger partial charge in [0, 0.05) is 13.1 Å². The SMILES string of the molecule is CCn1nc(C)c(Cl)c1CN1CCCC1C#N. The van der Waals surface area contributed by atoms with Gasteiger partial charge in [-0.1, -0.05) is 11.6 Å². The van der Waals surface area contributed by atoms with Crippen LogP contribution in [0.2, 0.25) is 5.02 Å². The van der Waals surface area contributed by atoms with Crippen molar-refractivity contribution in [3.05, 3.63) is 16.4 Å². The van der Waals surface area contributed by atoms with Gasteiger partial charge >= 0.3 is 0 Å². The number of nitriles is 1. The molecule has 92 valence electrons. The zero-order valence-corrected chi connectivity index (χ0v) is 11.0. The molecule has 0 saturated carbocycles. The van der Waals surface area contributed by atoms with E-state index in [2.05, 4.69) is 23.0 Å². The van der Waals surface area contributed by atoms with Gasteiger partial charge in [-0.15, -0.1) is 0 Å². The summed E-state index contributed by atoms with van der Waals surface area (Å²) in [7, 11) is 0. The van der Waals surface area contributed by atoms with Gasteiger partial charge in [0.2, 0.25) is 0 Å². The molecular weight excluding hydrogens is 236 g/mol. The van der Waals surface area contributed by atoms with Crippen molar-refractivity contribution in [3.63, 3.8) is 0 Å². The molecule has 1 atom stereocenters. The van der Waals surface area contributed by atoms with Crippen LogP contribution in [0.3, 0.4) is 0 Å². The second-order valence-corrected chi connectivity index (χ2v) is 4.80. The third-order valence-corrected chi connectivity index (χ3v) is 3.81. The topological polar surface area (TPSA) is 44.9 Å². The molecule has 0 aromatic carbocycles. The molecule has 1 unspecified atom stereocenters. The first-order valence-corrected chi connectivity index (χ1v) is 6.40. The van der Waals surface area contributed by atoms with Crippen LogP contribution in [0.15, 0.2) is 0 Å². The molecule has 5 heteroatoms. The maximum absolute atomic E-state index is 9.07. The van der Waals surface area contributed by atoms with Crippen molar-refractivity contribution >= 4 is 11.6 Å². The van der Waals surface area contributed by atoms with Gasteiger partial charge in [-0.2, -0.15) is 10.4 Å². The number of hydrogen-bond acceptors (Lipinski definition) is 3. The van der Waals surface area contributed by atoms with E-state index in [9.17, 15) is 0 Å². The molecule has 0 spiro atoms. The van der Waals surface area contributed by atoms with E-state index < -0.39 is 0 Å². The van der Waals surface area contributed by atoms with Gasteiger partial charge in [0.25, 0.3) is 0 Å². The molecule has 0 bridgehead atoms. The first-order valence-electron chi connectivity index (χ1n) is 6.02. The summed E-state index contributed by atoms with van der Waals surface area (Å²) >= 11 is 6.27. The smallest absolute Gasteiger partial charge is 0.0981 e. The Hall–Kier alpha value is -1.05. The zero-order chi connectivity index (χ0) is 12.4. The van der Waals surface area contributed by atoms with E-state index in [0.29, 0.717) is 0 Å². The van der Waals surface area contributed by atoms with Crippen LogP contribution in [0.4, 0.5) is 0 Å². The highest BCUT2D eigenvalue weighted by Gasteiger charge is 2.26. The summed E-state index contributed by atoms with van der Waals surface area (Å²) in [5.41, 5.74) is 1.91. The number of hydrogen-bond donors (Lipinski definition) is 0. The van der Waals surface area contributed by atoms with E-state index in [1.807, 2.05) is 11.6 Å². The van der Waals surface area contributed by atoms with Gasteiger partial charge in [-0.05, 0) is 33.2 Å². The highest BCUT2D eigenvalue weighted by atomic mass is 35.5. The minimum atomic E-state index is 0.0339. The fourth-order valence-electron chi connectivity index (χ4n) is 2.37. The lowest BCUT2D eigenvalue weighted by atomic mass is 10.2. The molecule has 0 N–H and O–H groups in total. The second kappa shape index (κ2) is 5.07. The minimum Gasteiger partial charge on any atom is -0.282 e. The third-order valence-electron chi connectivity index (χ3n) is 3.32. The monoisotopic (exact) mass is 252 g/mol. The van der Waals surface area contributed by atoms with Gasteiger partial charge in [0.1, 0.15) is 0 Å². The molecule has 1 aliphatic rings. The Morgan fingerprint density at radius 2 is 2.35 bits per heavy atom. The van der Waals surface area contributed by atoms with Crippen LogP contribution in [0.25, 0.3) is 0 Å². The summed E-state index contributed by atoms with van der Waals surface area (Å²) in [4.78, 5) is 2.19. The first-order chi connectivity index (χ1) is 8.17. The lowest BCUT2D eigenvalue weighted by Gasteiger charge is -2.19.